The molecule has 4 rings (SSSR count). The van der Waals surface area contributed by atoms with Crippen LogP contribution in [0.5, 0.6) is 0 Å². The number of aromatic amines is 1. The molecule has 0 radical (unpaired) electrons. The van der Waals surface area contributed by atoms with Crippen molar-refractivity contribution in [2.75, 3.05) is 31.1 Å². The largest absolute Gasteiger partial charge is 0.433 e. The van der Waals surface area contributed by atoms with Gasteiger partial charge in [0, 0.05) is 38.4 Å². The van der Waals surface area contributed by atoms with Crippen molar-refractivity contribution >= 4 is 5.69 Å². The fourth-order valence-electron chi connectivity index (χ4n) is 3.80. The number of alkyl halides is 3. The second-order valence-electron chi connectivity index (χ2n) is 7.00. The van der Waals surface area contributed by atoms with E-state index in [0.29, 0.717) is 0 Å². The molecular formula is C18H22F3N5. The molecule has 0 bridgehead atoms. The van der Waals surface area contributed by atoms with E-state index in [4.69, 9.17) is 0 Å². The highest BCUT2D eigenvalue weighted by Gasteiger charge is 2.32. The fourth-order valence-corrected chi connectivity index (χ4v) is 3.80. The van der Waals surface area contributed by atoms with Crippen LogP contribution >= 0.6 is 0 Å². The highest BCUT2D eigenvalue weighted by Crippen LogP contribution is 2.29. The molecule has 0 aromatic carbocycles. The topological polar surface area (TPSA) is 48.0 Å². The highest BCUT2D eigenvalue weighted by molar-refractivity contribution is 5.45. The summed E-state index contributed by atoms with van der Waals surface area (Å²) in [5, 5.41) is 7.69. The molecule has 26 heavy (non-hydrogen) atoms. The molecule has 0 saturated carbocycles. The lowest BCUT2D eigenvalue weighted by atomic mass is 9.96. The third-order valence-corrected chi connectivity index (χ3v) is 5.29. The minimum absolute atomic E-state index is 0.745. The van der Waals surface area contributed by atoms with Gasteiger partial charge in [-0.2, -0.15) is 18.3 Å². The molecule has 1 saturated heterocycles. The second-order valence-corrected chi connectivity index (χ2v) is 7.00. The maximum Gasteiger partial charge on any atom is 0.433 e. The van der Waals surface area contributed by atoms with E-state index >= 15 is 0 Å². The number of hydrogen-bond donors (Lipinski definition) is 1. The summed E-state index contributed by atoms with van der Waals surface area (Å²) in [4.78, 5) is 8.01. The van der Waals surface area contributed by atoms with Crippen LogP contribution in [0.1, 0.15) is 35.5 Å². The van der Waals surface area contributed by atoms with Crippen molar-refractivity contribution in [3.63, 3.8) is 0 Å². The maximum absolute atomic E-state index is 12.6. The van der Waals surface area contributed by atoms with Crippen LogP contribution in [-0.4, -0.2) is 46.3 Å². The Morgan fingerprint density at radius 1 is 1.04 bits per heavy atom. The number of aryl methyl sites for hydroxylation is 1. The van der Waals surface area contributed by atoms with Crippen LogP contribution in [0.25, 0.3) is 0 Å². The Kier molecular flexibility index (Phi) is 4.60. The van der Waals surface area contributed by atoms with Gasteiger partial charge < -0.3 is 4.90 Å². The van der Waals surface area contributed by atoms with E-state index in [1.54, 1.807) is 0 Å². The van der Waals surface area contributed by atoms with Gasteiger partial charge in [-0.05, 0) is 43.4 Å². The van der Waals surface area contributed by atoms with Crippen LogP contribution in [0.3, 0.4) is 0 Å². The molecule has 0 atom stereocenters. The van der Waals surface area contributed by atoms with E-state index in [-0.39, 0.29) is 0 Å². The smallest absolute Gasteiger partial charge is 0.368 e. The Labute approximate surface area is 150 Å². The normalized spacial score (nSPS) is 18.8. The molecule has 0 amide bonds. The first kappa shape index (κ1) is 17.3. The van der Waals surface area contributed by atoms with Crippen molar-refractivity contribution in [2.24, 2.45) is 0 Å². The molecule has 8 heteroatoms. The number of nitrogens with zero attached hydrogens (tertiary/aromatic N) is 4. The average Bonchev–Trinajstić information content (AvgIpc) is 3.05. The van der Waals surface area contributed by atoms with Gasteiger partial charge in [0.1, 0.15) is 5.69 Å². The number of aromatic nitrogens is 3. The Morgan fingerprint density at radius 2 is 1.81 bits per heavy atom. The minimum atomic E-state index is -4.39. The summed E-state index contributed by atoms with van der Waals surface area (Å²) in [6, 6.07) is 2.56. The van der Waals surface area contributed by atoms with Crippen LogP contribution in [-0.2, 0) is 25.6 Å². The van der Waals surface area contributed by atoms with Crippen LogP contribution in [0.15, 0.2) is 18.3 Å². The Hall–Kier alpha value is -2.09. The molecule has 0 unspecified atom stereocenters. The van der Waals surface area contributed by atoms with Gasteiger partial charge in [0.05, 0.1) is 17.6 Å². The van der Waals surface area contributed by atoms with Crippen molar-refractivity contribution in [3.05, 3.63) is 41.0 Å². The maximum atomic E-state index is 12.6. The first-order valence-electron chi connectivity index (χ1n) is 9.06. The fraction of sp³-hybridized carbons (Fsp3) is 0.556. The van der Waals surface area contributed by atoms with Crippen molar-refractivity contribution in [1.82, 2.24) is 20.1 Å². The quantitative estimate of drug-likeness (QED) is 0.908. The Bertz CT molecular complexity index is 745. The van der Waals surface area contributed by atoms with Gasteiger partial charge in [0.2, 0.25) is 0 Å². The Balaban J connectivity index is 1.35. The zero-order chi connectivity index (χ0) is 18.1. The summed E-state index contributed by atoms with van der Waals surface area (Å²) < 4.78 is 37.9. The third kappa shape index (κ3) is 3.56. The molecule has 2 aliphatic rings. The van der Waals surface area contributed by atoms with E-state index in [1.165, 1.54) is 36.4 Å². The summed E-state index contributed by atoms with van der Waals surface area (Å²) in [7, 11) is 0. The molecule has 140 valence electrons. The SMILES string of the molecule is FC(F)(F)c1ccc(N2CCN(Cc3n[nH]c4c3CCCC4)CC2)cn1. The third-order valence-electron chi connectivity index (χ3n) is 5.29. The number of pyridine rings is 1. The molecule has 1 aliphatic heterocycles. The highest BCUT2D eigenvalue weighted by atomic mass is 19.4. The summed E-state index contributed by atoms with van der Waals surface area (Å²) in [5.74, 6) is 0. The monoisotopic (exact) mass is 365 g/mol. The van der Waals surface area contributed by atoms with Crippen molar-refractivity contribution < 1.29 is 13.2 Å². The number of fused-ring (bicyclic) bond motifs is 1. The van der Waals surface area contributed by atoms with Gasteiger partial charge in [-0.15, -0.1) is 0 Å². The zero-order valence-electron chi connectivity index (χ0n) is 14.5. The molecule has 1 fully saturated rings. The van der Waals surface area contributed by atoms with Crippen LogP contribution in [0, 0.1) is 0 Å². The lowest BCUT2D eigenvalue weighted by Gasteiger charge is -2.35. The molecule has 1 aliphatic carbocycles. The minimum Gasteiger partial charge on any atom is -0.368 e. The molecule has 1 N–H and O–H groups in total. The van der Waals surface area contributed by atoms with Crippen molar-refractivity contribution in [1.29, 1.82) is 0 Å². The number of rotatable bonds is 3. The second kappa shape index (κ2) is 6.90. The first-order valence-corrected chi connectivity index (χ1v) is 9.06. The van der Waals surface area contributed by atoms with E-state index in [0.717, 1.165) is 63.0 Å². The van der Waals surface area contributed by atoms with E-state index in [2.05, 4.69) is 25.0 Å². The number of hydrogen-bond acceptors (Lipinski definition) is 4. The average molecular weight is 365 g/mol. The number of anilines is 1. The molecule has 0 spiro atoms. The molecule has 3 heterocycles. The first-order chi connectivity index (χ1) is 12.5. The van der Waals surface area contributed by atoms with Crippen LogP contribution < -0.4 is 4.90 Å². The molecule has 2 aromatic rings. The molecular weight excluding hydrogens is 343 g/mol. The standard InChI is InChI=1S/C18H22F3N5/c19-18(20,21)17-6-5-13(11-22-17)26-9-7-25(8-10-26)12-16-14-3-1-2-4-15(14)23-24-16/h5-6,11H,1-4,7-10,12H2,(H,23,24). The molecule has 5 nitrogen and oxygen atoms in total. The Morgan fingerprint density at radius 3 is 2.50 bits per heavy atom. The van der Waals surface area contributed by atoms with Gasteiger partial charge in [0.15, 0.2) is 0 Å². The summed E-state index contributed by atoms with van der Waals surface area (Å²) in [6.07, 6.45) is 1.60. The van der Waals surface area contributed by atoms with Gasteiger partial charge in [-0.3, -0.25) is 10.00 Å². The van der Waals surface area contributed by atoms with E-state index in [1.807, 2.05) is 0 Å². The van der Waals surface area contributed by atoms with Gasteiger partial charge in [0.25, 0.3) is 0 Å². The predicted octanol–water partition coefficient (Wildman–Crippen LogP) is 3.02. The predicted molar refractivity (Wildman–Crippen MR) is 92.0 cm³/mol. The van der Waals surface area contributed by atoms with Crippen molar-refractivity contribution in [2.45, 2.75) is 38.4 Å². The number of halogens is 3. The number of H-pyrrole nitrogens is 1. The van der Waals surface area contributed by atoms with Gasteiger partial charge in [-0.25, -0.2) is 4.98 Å². The van der Waals surface area contributed by atoms with E-state index < -0.39 is 11.9 Å². The van der Waals surface area contributed by atoms with Gasteiger partial charge >= 0.3 is 6.18 Å². The lowest BCUT2D eigenvalue weighted by molar-refractivity contribution is -0.141. The summed E-state index contributed by atoms with van der Waals surface area (Å²) in [6.45, 7) is 4.12. The summed E-state index contributed by atoms with van der Waals surface area (Å²) >= 11 is 0. The molecule has 2 aromatic heterocycles. The number of nitrogens with one attached hydrogen (secondary N) is 1. The number of piperazine rings is 1. The van der Waals surface area contributed by atoms with Crippen LogP contribution in [0.2, 0.25) is 0 Å². The van der Waals surface area contributed by atoms with Crippen LogP contribution in [0.4, 0.5) is 18.9 Å². The van der Waals surface area contributed by atoms with Gasteiger partial charge in [-0.1, -0.05) is 0 Å². The van der Waals surface area contributed by atoms with E-state index in [9.17, 15) is 13.2 Å². The van der Waals surface area contributed by atoms with Crippen molar-refractivity contribution in [3.8, 4) is 0 Å². The lowest BCUT2D eigenvalue weighted by Crippen LogP contribution is -2.46. The zero-order valence-corrected chi connectivity index (χ0v) is 14.5. The summed E-state index contributed by atoms with van der Waals surface area (Å²) in [5.41, 5.74) is 3.74.